The van der Waals surface area contributed by atoms with E-state index in [-0.39, 0.29) is 16.6 Å². The van der Waals surface area contributed by atoms with Gasteiger partial charge < -0.3 is 21.7 Å². The van der Waals surface area contributed by atoms with Gasteiger partial charge in [0.25, 0.3) is 5.91 Å². The maximum absolute atomic E-state index is 11.3. The predicted octanol–water partition coefficient (Wildman–Crippen LogP) is 1.20. The highest BCUT2D eigenvalue weighted by atomic mass is 32.1. The van der Waals surface area contributed by atoms with E-state index in [2.05, 4.69) is 17.1 Å². The van der Waals surface area contributed by atoms with Crippen molar-refractivity contribution in [3.63, 3.8) is 0 Å². The third kappa shape index (κ3) is 3.03. The van der Waals surface area contributed by atoms with Crippen LogP contribution in [-0.2, 0) is 0 Å². The van der Waals surface area contributed by atoms with E-state index in [1.807, 2.05) is 6.07 Å². The molecule has 1 fully saturated rings. The summed E-state index contributed by atoms with van der Waals surface area (Å²) in [6.45, 7) is 5.21. The molecule has 0 bridgehead atoms. The number of anilines is 2. The summed E-state index contributed by atoms with van der Waals surface area (Å²) in [6, 6.07) is 2.22. The summed E-state index contributed by atoms with van der Waals surface area (Å²) in [7, 11) is 0. The number of thiophene rings is 1. The van der Waals surface area contributed by atoms with Gasteiger partial charge in [0.2, 0.25) is 0 Å². The molecular weight excluding hydrogens is 274 g/mol. The Balaban J connectivity index is 2.10. The first-order valence-electron chi connectivity index (χ1n) is 6.64. The largest absolute Gasteiger partial charge is 0.396 e. The molecule has 0 radical (unpaired) electrons. The molecule has 1 aromatic heterocycles. The van der Waals surface area contributed by atoms with E-state index in [4.69, 9.17) is 16.7 Å². The monoisotopic (exact) mass is 293 g/mol. The molecular formula is C13H19N5OS. The van der Waals surface area contributed by atoms with E-state index in [9.17, 15) is 4.79 Å². The molecule has 1 unspecified atom stereocenters. The highest BCUT2D eigenvalue weighted by molar-refractivity contribution is 7.18. The summed E-state index contributed by atoms with van der Waals surface area (Å²) in [5.74, 6) is -0.593. The number of hydrogen-bond donors (Lipinski definition) is 3. The number of hydrogen-bond acceptors (Lipinski definition) is 6. The molecule has 5 N–H and O–H groups in total. The maximum atomic E-state index is 11.3. The van der Waals surface area contributed by atoms with Gasteiger partial charge in [-0.15, -0.1) is 11.3 Å². The van der Waals surface area contributed by atoms with Crippen LogP contribution in [0.3, 0.4) is 0 Å². The Labute approximate surface area is 122 Å². The van der Waals surface area contributed by atoms with Crippen LogP contribution in [0.2, 0.25) is 0 Å². The number of rotatable bonds is 5. The first-order valence-corrected chi connectivity index (χ1v) is 7.45. The standard InChI is InChI=1S/C13H19N5OS/c1-8(7-18-4-2-3-5-18)17-13-9(6-14)10(15)11(20-13)12(16)19/h8,17H,2-5,7,15H2,1H3,(H2,16,19). The van der Waals surface area contributed by atoms with E-state index < -0.39 is 5.91 Å². The van der Waals surface area contributed by atoms with Gasteiger partial charge in [0.15, 0.2) is 0 Å². The lowest BCUT2D eigenvalue weighted by Crippen LogP contribution is -2.32. The maximum Gasteiger partial charge on any atom is 0.261 e. The Hall–Kier alpha value is -1.78. The molecule has 20 heavy (non-hydrogen) atoms. The SMILES string of the molecule is CC(CN1CCCC1)Nc1sc(C(N)=O)c(N)c1C#N. The quantitative estimate of drug-likeness (QED) is 0.756. The summed E-state index contributed by atoms with van der Waals surface area (Å²) in [6.07, 6.45) is 2.49. The highest BCUT2D eigenvalue weighted by Crippen LogP contribution is 2.35. The van der Waals surface area contributed by atoms with Crippen molar-refractivity contribution in [1.29, 1.82) is 5.26 Å². The molecule has 7 heteroatoms. The second-order valence-corrected chi connectivity index (χ2v) is 6.10. The van der Waals surface area contributed by atoms with Crippen molar-refractivity contribution < 1.29 is 4.79 Å². The zero-order valence-electron chi connectivity index (χ0n) is 11.5. The normalized spacial score (nSPS) is 16.8. The topological polar surface area (TPSA) is 108 Å². The Morgan fingerprint density at radius 1 is 1.55 bits per heavy atom. The van der Waals surface area contributed by atoms with Crippen LogP contribution in [-0.4, -0.2) is 36.5 Å². The van der Waals surface area contributed by atoms with Crippen LogP contribution in [0, 0.1) is 11.3 Å². The Morgan fingerprint density at radius 2 is 2.20 bits per heavy atom. The summed E-state index contributed by atoms with van der Waals surface area (Å²) >= 11 is 1.15. The van der Waals surface area contributed by atoms with Crippen molar-refractivity contribution >= 4 is 27.9 Å². The molecule has 0 spiro atoms. The van der Waals surface area contributed by atoms with Gasteiger partial charge in [-0.05, 0) is 32.9 Å². The molecule has 1 amide bonds. The van der Waals surface area contributed by atoms with Gasteiger partial charge in [-0.2, -0.15) is 5.26 Å². The van der Waals surface area contributed by atoms with E-state index in [0.29, 0.717) is 10.6 Å². The lowest BCUT2D eigenvalue weighted by molar-refractivity contribution is 0.100. The van der Waals surface area contributed by atoms with Crippen LogP contribution < -0.4 is 16.8 Å². The number of nitriles is 1. The minimum absolute atomic E-state index is 0.180. The molecule has 1 saturated heterocycles. The third-order valence-corrected chi connectivity index (χ3v) is 4.54. The number of likely N-dealkylation sites (tertiary alicyclic amines) is 1. The van der Waals surface area contributed by atoms with Crippen LogP contribution in [0.5, 0.6) is 0 Å². The van der Waals surface area contributed by atoms with E-state index in [1.54, 1.807) is 0 Å². The lowest BCUT2D eigenvalue weighted by atomic mass is 10.2. The fourth-order valence-electron chi connectivity index (χ4n) is 2.46. The Kier molecular flexibility index (Phi) is 4.47. The predicted molar refractivity (Wildman–Crippen MR) is 80.7 cm³/mol. The number of carbonyl (C=O) groups excluding carboxylic acids is 1. The zero-order valence-corrected chi connectivity index (χ0v) is 12.3. The van der Waals surface area contributed by atoms with Crippen LogP contribution in [0.1, 0.15) is 35.0 Å². The van der Waals surface area contributed by atoms with Crippen LogP contribution in [0.25, 0.3) is 0 Å². The van der Waals surface area contributed by atoms with Crippen LogP contribution >= 0.6 is 11.3 Å². The molecule has 108 valence electrons. The molecule has 0 aliphatic carbocycles. The number of nitrogens with one attached hydrogen (secondary N) is 1. The summed E-state index contributed by atoms with van der Waals surface area (Å²) < 4.78 is 0. The first kappa shape index (κ1) is 14.6. The summed E-state index contributed by atoms with van der Waals surface area (Å²) in [5, 5.41) is 13.1. The van der Waals surface area contributed by atoms with E-state index >= 15 is 0 Å². The van der Waals surface area contributed by atoms with Crippen LogP contribution in [0.4, 0.5) is 10.7 Å². The molecule has 0 saturated carbocycles. The van der Waals surface area contributed by atoms with Gasteiger partial charge in [-0.1, -0.05) is 0 Å². The Bertz CT molecular complexity index is 542. The first-order chi connectivity index (χ1) is 9.52. The molecule has 0 aromatic carbocycles. The van der Waals surface area contributed by atoms with Gasteiger partial charge in [0.1, 0.15) is 21.5 Å². The third-order valence-electron chi connectivity index (χ3n) is 3.39. The second-order valence-electron chi connectivity index (χ2n) is 5.08. The van der Waals surface area contributed by atoms with Crippen molar-refractivity contribution in [2.24, 2.45) is 5.73 Å². The van der Waals surface area contributed by atoms with Gasteiger partial charge in [-0.25, -0.2) is 0 Å². The lowest BCUT2D eigenvalue weighted by Gasteiger charge is -2.21. The van der Waals surface area contributed by atoms with Crippen molar-refractivity contribution in [3.05, 3.63) is 10.4 Å². The van der Waals surface area contributed by atoms with Crippen molar-refractivity contribution in [3.8, 4) is 6.07 Å². The minimum Gasteiger partial charge on any atom is -0.396 e. The number of primary amides is 1. The molecule has 1 aliphatic rings. The average molecular weight is 293 g/mol. The number of nitrogens with zero attached hydrogens (tertiary/aromatic N) is 2. The second kappa shape index (κ2) is 6.11. The van der Waals surface area contributed by atoms with Gasteiger partial charge in [-0.3, -0.25) is 4.79 Å². The molecule has 6 nitrogen and oxygen atoms in total. The van der Waals surface area contributed by atoms with Crippen molar-refractivity contribution in [1.82, 2.24) is 4.90 Å². The number of nitrogens with two attached hydrogens (primary N) is 2. The van der Waals surface area contributed by atoms with E-state index in [1.165, 1.54) is 12.8 Å². The van der Waals surface area contributed by atoms with Gasteiger partial charge in [0, 0.05) is 12.6 Å². The Morgan fingerprint density at radius 3 is 2.75 bits per heavy atom. The number of carbonyl (C=O) groups is 1. The fraction of sp³-hybridized carbons (Fsp3) is 0.538. The van der Waals surface area contributed by atoms with Gasteiger partial charge in [0.05, 0.1) is 5.69 Å². The number of amides is 1. The van der Waals surface area contributed by atoms with E-state index in [0.717, 1.165) is 31.0 Å². The van der Waals surface area contributed by atoms with Crippen molar-refractivity contribution in [2.75, 3.05) is 30.7 Å². The fourth-order valence-corrected chi connectivity index (χ4v) is 3.50. The van der Waals surface area contributed by atoms with Gasteiger partial charge >= 0.3 is 0 Å². The average Bonchev–Trinajstić information content (AvgIpc) is 2.97. The molecule has 2 rings (SSSR count). The highest BCUT2D eigenvalue weighted by Gasteiger charge is 2.21. The summed E-state index contributed by atoms with van der Waals surface area (Å²) in [5.41, 5.74) is 11.6. The summed E-state index contributed by atoms with van der Waals surface area (Å²) in [4.78, 5) is 13.9. The number of nitrogen functional groups attached to an aromatic ring is 1. The molecule has 1 atom stereocenters. The molecule has 1 aromatic rings. The van der Waals surface area contributed by atoms with Crippen LogP contribution in [0.15, 0.2) is 0 Å². The van der Waals surface area contributed by atoms with Crippen molar-refractivity contribution in [2.45, 2.75) is 25.8 Å². The molecule has 2 heterocycles. The molecule has 1 aliphatic heterocycles. The smallest absolute Gasteiger partial charge is 0.261 e. The zero-order chi connectivity index (χ0) is 14.7. The minimum atomic E-state index is -0.593.